The number of hydrogen-bond donors (Lipinski definition) is 1. The molecule has 2 aromatic heterocycles. The molecule has 0 aliphatic heterocycles. The Hall–Kier alpha value is -2.04. The average molecular weight is 416 g/mol. The molecule has 0 unspecified atom stereocenters. The molecule has 3 aromatic rings. The topological polar surface area (TPSA) is 103 Å². The zero-order valence-corrected chi connectivity index (χ0v) is 14.4. The van der Waals surface area contributed by atoms with Crippen LogP contribution in [0.2, 0.25) is 5.02 Å². The predicted molar refractivity (Wildman–Crippen MR) is 86.9 cm³/mol. The molecule has 11 heteroatoms. The Morgan fingerprint density at radius 1 is 1.17 bits per heavy atom. The van der Waals surface area contributed by atoms with E-state index in [1.165, 1.54) is 35.5 Å². The molecule has 0 saturated carbocycles. The molecule has 0 spiro atoms. The van der Waals surface area contributed by atoms with Gasteiger partial charge < -0.3 is 0 Å². The molecule has 0 aliphatic carbocycles. The minimum absolute atomic E-state index is 0.00534. The van der Waals surface area contributed by atoms with Gasteiger partial charge in [0.05, 0.1) is 9.92 Å². The highest BCUT2D eigenvalue weighted by atomic mass is 79.9. The minimum atomic E-state index is -3.89. The molecule has 2 heterocycles. The van der Waals surface area contributed by atoms with Crippen molar-refractivity contribution in [3.8, 4) is 5.95 Å². The number of rotatable bonds is 4. The standard InChI is InChI=1S/C12H8BrClN6O2S/c13-9-3-2-8(6-10(9)14)23(21,22)19-12-17-7-18-20(12)11-15-4-1-5-16-11/h1-7H,(H,17,18,19). The van der Waals surface area contributed by atoms with Gasteiger partial charge in [-0.05, 0) is 40.2 Å². The van der Waals surface area contributed by atoms with Crippen LogP contribution in [0.5, 0.6) is 0 Å². The highest BCUT2D eigenvalue weighted by molar-refractivity contribution is 9.10. The summed E-state index contributed by atoms with van der Waals surface area (Å²) >= 11 is 9.15. The highest BCUT2D eigenvalue weighted by Gasteiger charge is 2.19. The predicted octanol–water partition coefficient (Wildman–Crippen LogP) is 2.27. The van der Waals surface area contributed by atoms with Gasteiger partial charge in [-0.3, -0.25) is 0 Å². The molecule has 0 radical (unpaired) electrons. The fourth-order valence-electron chi connectivity index (χ4n) is 1.68. The second-order valence-electron chi connectivity index (χ2n) is 4.23. The van der Waals surface area contributed by atoms with Crippen LogP contribution in [0.3, 0.4) is 0 Å². The van der Waals surface area contributed by atoms with Crippen molar-refractivity contribution in [2.45, 2.75) is 4.90 Å². The lowest BCUT2D eigenvalue weighted by atomic mass is 10.4. The van der Waals surface area contributed by atoms with E-state index in [1.54, 1.807) is 12.1 Å². The monoisotopic (exact) mass is 414 g/mol. The van der Waals surface area contributed by atoms with Gasteiger partial charge in [-0.15, -0.1) is 0 Å². The van der Waals surface area contributed by atoms with E-state index >= 15 is 0 Å². The SMILES string of the molecule is O=S(=O)(Nc1ncnn1-c1ncccn1)c1ccc(Br)c(Cl)c1. The Labute approximate surface area is 144 Å². The lowest BCUT2D eigenvalue weighted by Crippen LogP contribution is -2.17. The molecule has 8 nitrogen and oxygen atoms in total. The van der Waals surface area contributed by atoms with Crippen molar-refractivity contribution in [2.24, 2.45) is 0 Å². The Morgan fingerprint density at radius 3 is 2.61 bits per heavy atom. The van der Waals surface area contributed by atoms with Crippen molar-refractivity contribution in [3.05, 3.63) is 52.5 Å². The van der Waals surface area contributed by atoms with Gasteiger partial charge in [0.1, 0.15) is 6.33 Å². The summed E-state index contributed by atoms with van der Waals surface area (Å²) in [7, 11) is -3.89. The summed E-state index contributed by atoms with van der Waals surface area (Å²) in [6.45, 7) is 0. The number of nitrogens with one attached hydrogen (secondary N) is 1. The third kappa shape index (κ3) is 3.33. The third-order valence-electron chi connectivity index (χ3n) is 2.72. The van der Waals surface area contributed by atoms with Gasteiger partial charge in [-0.25, -0.2) is 23.1 Å². The van der Waals surface area contributed by atoms with Crippen molar-refractivity contribution >= 4 is 43.5 Å². The van der Waals surface area contributed by atoms with Crippen molar-refractivity contribution in [1.82, 2.24) is 24.7 Å². The second kappa shape index (κ2) is 6.22. The lowest BCUT2D eigenvalue weighted by molar-refractivity contribution is 0.600. The molecular weight excluding hydrogens is 408 g/mol. The van der Waals surface area contributed by atoms with E-state index in [0.717, 1.165) is 0 Å². The van der Waals surface area contributed by atoms with Crippen LogP contribution in [-0.2, 0) is 10.0 Å². The van der Waals surface area contributed by atoms with E-state index in [4.69, 9.17) is 11.6 Å². The molecule has 23 heavy (non-hydrogen) atoms. The quantitative estimate of drug-likeness (QED) is 0.701. The average Bonchev–Trinajstić information content (AvgIpc) is 2.98. The first-order chi connectivity index (χ1) is 11.0. The number of benzene rings is 1. The first-order valence-electron chi connectivity index (χ1n) is 6.13. The maximum absolute atomic E-state index is 12.4. The molecule has 0 saturated heterocycles. The van der Waals surface area contributed by atoms with Crippen LogP contribution in [0.25, 0.3) is 5.95 Å². The first kappa shape index (κ1) is 15.8. The van der Waals surface area contributed by atoms with Crippen molar-refractivity contribution in [3.63, 3.8) is 0 Å². The Kier molecular flexibility index (Phi) is 4.28. The normalized spacial score (nSPS) is 11.4. The lowest BCUT2D eigenvalue weighted by Gasteiger charge is -2.08. The summed E-state index contributed by atoms with van der Waals surface area (Å²) in [6, 6.07) is 5.92. The maximum Gasteiger partial charge on any atom is 0.264 e. The van der Waals surface area contributed by atoms with Gasteiger partial charge in [-0.1, -0.05) is 11.6 Å². The fraction of sp³-hybridized carbons (Fsp3) is 0. The van der Waals surface area contributed by atoms with Gasteiger partial charge in [0, 0.05) is 16.9 Å². The number of halogens is 2. The van der Waals surface area contributed by atoms with Gasteiger partial charge in [0.15, 0.2) is 0 Å². The third-order valence-corrected chi connectivity index (χ3v) is 5.27. The van der Waals surface area contributed by atoms with E-state index in [2.05, 4.69) is 40.7 Å². The zero-order valence-electron chi connectivity index (χ0n) is 11.3. The summed E-state index contributed by atoms with van der Waals surface area (Å²) in [5, 5.41) is 4.19. The molecule has 0 fully saturated rings. The summed E-state index contributed by atoms with van der Waals surface area (Å²) < 4.78 is 29.0. The molecule has 0 bridgehead atoms. The maximum atomic E-state index is 12.4. The Bertz CT molecular complexity index is 947. The molecule has 1 aromatic carbocycles. The van der Waals surface area contributed by atoms with Crippen molar-refractivity contribution in [2.75, 3.05) is 4.72 Å². The van der Waals surface area contributed by atoms with Crippen molar-refractivity contribution in [1.29, 1.82) is 0 Å². The number of anilines is 1. The van der Waals surface area contributed by atoms with Crippen LogP contribution in [0.1, 0.15) is 0 Å². The van der Waals surface area contributed by atoms with Crippen LogP contribution in [0.4, 0.5) is 5.95 Å². The van der Waals surface area contributed by atoms with E-state index in [9.17, 15) is 8.42 Å². The summed E-state index contributed by atoms with van der Waals surface area (Å²) in [6.07, 6.45) is 4.22. The molecule has 0 atom stereocenters. The molecule has 3 rings (SSSR count). The van der Waals surface area contributed by atoms with E-state index < -0.39 is 10.0 Å². The Balaban J connectivity index is 1.96. The second-order valence-corrected chi connectivity index (χ2v) is 7.17. The van der Waals surface area contributed by atoms with E-state index in [0.29, 0.717) is 4.47 Å². The van der Waals surface area contributed by atoms with E-state index in [1.807, 2.05) is 0 Å². The largest absolute Gasteiger partial charge is 0.264 e. The molecular formula is C12H8BrClN6O2S. The first-order valence-corrected chi connectivity index (χ1v) is 8.78. The number of sulfonamides is 1. The van der Waals surface area contributed by atoms with E-state index in [-0.39, 0.29) is 21.8 Å². The number of aromatic nitrogens is 5. The van der Waals surface area contributed by atoms with Gasteiger partial charge in [-0.2, -0.15) is 14.8 Å². The molecule has 1 N–H and O–H groups in total. The number of nitrogens with zero attached hydrogens (tertiary/aromatic N) is 5. The van der Waals surface area contributed by atoms with Gasteiger partial charge in [0.2, 0.25) is 5.95 Å². The summed E-state index contributed by atoms with van der Waals surface area (Å²) in [4.78, 5) is 11.9. The van der Waals surface area contributed by atoms with Crippen LogP contribution in [0.15, 0.2) is 52.4 Å². The highest BCUT2D eigenvalue weighted by Crippen LogP contribution is 2.26. The smallest absolute Gasteiger partial charge is 0.247 e. The van der Waals surface area contributed by atoms with Crippen LogP contribution in [0, 0.1) is 0 Å². The van der Waals surface area contributed by atoms with Gasteiger partial charge >= 0.3 is 0 Å². The molecule has 118 valence electrons. The fourth-order valence-corrected chi connectivity index (χ4v) is 3.19. The van der Waals surface area contributed by atoms with Crippen LogP contribution >= 0.6 is 27.5 Å². The minimum Gasteiger partial charge on any atom is -0.247 e. The molecule has 0 amide bonds. The Morgan fingerprint density at radius 2 is 1.91 bits per heavy atom. The molecule has 0 aliphatic rings. The van der Waals surface area contributed by atoms with Crippen molar-refractivity contribution < 1.29 is 8.42 Å². The number of hydrogen-bond acceptors (Lipinski definition) is 6. The van der Waals surface area contributed by atoms with Crippen LogP contribution in [-0.4, -0.2) is 33.2 Å². The zero-order chi connectivity index (χ0) is 16.4. The van der Waals surface area contributed by atoms with Gasteiger partial charge in [0.25, 0.3) is 16.0 Å². The summed E-state index contributed by atoms with van der Waals surface area (Å²) in [5.74, 6) is 0.159. The summed E-state index contributed by atoms with van der Waals surface area (Å²) in [5.41, 5.74) is 0. The van der Waals surface area contributed by atoms with Crippen LogP contribution < -0.4 is 4.72 Å².